The molecule has 0 aliphatic carbocycles. The first-order valence-electron chi connectivity index (χ1n) is 16.5. The fourth-order valence-electron chi connectivity index (χ4n) is 7.31. The van der Waals surface area contributed by atoms with Crippen LogP contribution in [0.4, 0.5) is 0 Å². The van der Waals surface area contributed by atoms with Gasteiger partial charge in [0.1, 0.15) is 11.2 Å². The molecule has 4 nitrogen and oxygen atoms in total. The van der Waals surface area contributed by atoms with Gasteiger partial charge < -0.3 is 4.42 Å². The van der Waals surface area contributed by atoms with Crippen LogP contribution in [0.15, 0.2) is 168 Å². The molecule has 228 valence electrons. The molecule has 10 aromatic rings. The molecule has 0 spiro atoms. The molecule has 0 saturated carbocycles. The van der Waals surface area contributed by atoms with Gasteiger partial charge in [-0.25, -0.2) is 15.0 Å². The lowest BCUT2D eigenvalue weighted by Gasteiger charge is -2.16. The van der Waals surface area contributed by atoms with Gasteiger partial charge >= 0.3 is 0 Å². The monoisotopic (exact) mass is 625 g/mol. The first-order chi connectivity index (χ1) is 24.3. The van der Waals surface area contributed by atoms with Crippen molar-refractivity contribution >= 4 is 43.5 Å². The number of nitrogens with zero attached hydrogens (tertiary/aromatic N) is 3. The van der Waals surface area contributed by atoms with Crippen LogP contribution in [0.25, 0.3) is 99.9 Å². The van der Waals surface area contributed by atoms with Crippen molar-refractivity contribution in [3.05, 3.63) is 164 Å². The van der Waals surface area contributed by atoms with Crippen LogP contribution in [0.3, 0.4) is 0 Å². The van der Waals surface area contributed by atoms with E-state index in [2.05, 4.69) is 103 Å². The Morgan fingerprint density at radius 3 is 1.55 bits per heavy atom. The Morgan fingerprint density at radius 2 is 0.816 bits per heavy atom. The Hall–Kier alpha value is -6.65. The summed E-state index contributed by atoms with van der Waals surface area (Å²) in [4.78, 5) is 14.9. The predicted octanol–water partition coefficient (Wildman–Crippen LogP) is 11.9. The summed E-state index contributed by atoms with van der Waals surface area (Å²) in [6, 6.07) is 56.8. The molecule has 2 heterocycles. The summed E-state index contributed by atoms with van der Waals surface area (Å²) in [5.74, 6) is 1.93. The minimum Gasteiger partial charge on any atom is -0.456 e. The maximum atomic E-state index is 6.42. The van der Waals surface area contributed by atoms with Gasteiger partial charge in [0.2, 0.25) is 0 Å². The topological polar surface area (TPSA) is 51.8 Å². The number of benzene rings is 8. The Labute approximate surface area is 282 Å². The van der Waals surface area contributed by atoms with Gasteiger partial charge in [0, 0.05) is 32.8 Å². The van der Waals surface area contributed by atoms with E-state index in [0.29, 0.717) is 17.5 Å². The molecule has 0 unspecified atom stereocenters. The molecule has 0 fully saturated rings. The van der Waals surface area contributed by atoms with Crippen LogP contribution < -0.4 is 0 Å². The van der Waals surface area contributed by atoms with Crippen LogP contribution in [0.1, 0.15) is 0 Å². The smallest absolute Gasteiger partial charge is 0.164 e. The van der Waals surface area contributed by atoms with Crippen molar-refractivity contribution in [3.8, 4) is 56.4 Å². The standard InChI is InChI=1S/C45H27N3O/c1-3-13-28(14-4-1)43-46-44(29-15-5-2-6-16-29)48-45(47-43)31-18-11-17-30(27-31)32-19-7-8-20-33(32)37-25-26-39-42-40(37)35-22-10-9-21-34(35)36-23-12-24-38(49-39)41(36)42/h1-27H. The van der Waals surface area contributed by atoms with Crippen LogP contribution in [0.5, 0.6) is 0 Å². The third-order valence-electron chi connectivity index (χ3n) is 9.50. The average Bonchev–Trinajstić information content (AvgIpc) is 3.57. The van der Waals surface area contributed by atoms with Crippen LogP contribution in [0.2, 0.25) is 0 Å². The third kappa shape index (κ3) is 4.42. The number of hydrogen-bond acceptors (Lipinski definition) is 4. The van der Waals surface area contributed by atoms with Gasteiger partial charge in [-0.15, -0.1) is 0 Å². The fraction of sp³-hybridized carbons (Fsp3) is 0. The second-order valence-corrected chi connectivity index (χ2v) is 12.4. The summed E-state index contributed by atoms with van der Waals surface area (Å²) in [6.45, 7) is 0. The molecule has 0 aliphatic heterocycles. The maximum Gasteiger partial charge on any atom is 0.164 e. The van der Waals surface area contributed by atoms with Crippen molar-refractivity contribution in [1.29, 1.82) is 0 Å². The van der Waals surface area contributed by atoms with Crippen molar-refractivity contribution in [2.75, 3.05) is 0 Å². The lowest BCUT2D eigenvalue weighted by atomic mass is 9.87. The molecular formula is C45H27N3O. The summed E-state index contributed by atoms with van der Waals surface area (Å²) in [5.41, 5.74) is 9.21. The van der Waals surface area contributed by atoms with E-state index in [1.165, 1.54) is 37.9 Å². The van der Waals surface area contributed by atoms with E-state index in [0.717, 1.165) is 44.5 Å². The van der Waals surface area contributed by atoms with Crippen molar-refractivity contribution < 1.29 is 4.42 Å². The number of furan rings is 1. The molecule has 0 saturated heterocycles. The molecule has 0 radical (unpaired) electrons. The van der Waals surface area contributed by atoms with Crippen LogP contribution in [0, 0.1) is 0 Å². The lowest BCUT2D eigenvalue weighted by molar-refractivity contribution is 0.669. The Morgan fingerprint density at radius 1 is 0.306 bits per heavy atom. The SMILES string of the molecule is c1ccc(-c2nc(-c3ccccc3)nc(-c3cccc(-c4ccccc4-c4ccc5oc6cccc7c8ccccc8c4c5c67)c3)n2)cc1. The summed E-state index contributed by atoms with van der Waals surface area (Å²) in [6.07, 6.45) is 0. The molecule has 49 heavy (non-hydrogen) atoms. The summed E-state index contributed by atoms with van der Waals surface area (Å²) in [7, 11) is 0. The molecule has 2 aromatic heterocycles. The van der Waals surface area contributed by atoms with Crippen LogP contribution >= 0.6 is 0 Å². The average molecular weight is 626 g/mol. The molecular weight excluding hydrogens is 599 g/mol. The number of rotatable bonds is 5. The van der Waals surface area contributed by atoms with Crippen molar-refractivity contribution in [2.24, 2.45) is 0 Å². The zero-order valence-electron chi connectivity index (χ0n) is 26.3. The minimum absolute atomic E-state index is 0.634. The third-order valence-corrected chi connectivity index (χ3v) is 9.50. The molecule has 4 heteroatoms. The Kier molecular flexibility index (Phi) is 6.15. The fourth-order valence-corrected chi connectivity index (χ4v) is 7.31. The van der Waals surface area contributed by atoms with E-state index in [1.54, 1.807) is 0 Å². The summed E-state index contributed by atoms with van der Waals surface area (Å²) < 4.78 is 6.42. The van der Waals surface area contributed by atoms with Gasteiger partial charge in [-0.3, -0.25) is 0 Å². The van der Waals surface area contributed by atoms with Crippen molar-refractivity contribution in [2.45, 2.75) is 0 Å². The van der Waals surface area contributed by atoms with Crippen molar-refractivity contribution in [3.63, 3.8) is 0 Å². The lowest BCUT2D eigenvalue weighted by Crippen LogP contribution is -2.00. The van der Waals surface area contributed by atoms with Gasteiger partial charge in [-0.05, 0) is 62.7 Å². The molecule has 0 bridgehead atoms. The molecule has 0 N–H and O–H groups in total. The highest BCUT2D eigenvalue weighted by atomic mass is 16.3. The summed E-state index contributed by atoms with van der Waals surface area (Å²) >= 11 is 0. The highest BCUT2D eigenvalue weighted by molar-refractivity contribution is 6.35. The van der Waals surface area contributed by atoms with E-state index in [-0.39, 0.29) is 0 Å². The number of fused-ring (bicyclic) bond motifs is 3. The highest BCUT2D eigenvalue weighted by Gasteiger charge is 2.21. The van der Waals surface area contributed by atoms with Gasteiger partial charge in [0.15, 0.2) is 17.5 Å². The predicted molar refractivity (Wildman–Crippen MR) is 200 cm³/mol. The zero-order valence-corrected chi connectivity index (χ0v) is 26.3. The van der Waals surface area contributed by atoms with E-state index >= 15 is 0 Å². The molecule has 0 amide bonds. The second-order valence-electron chi connectivity index (χ2n) is 12.4. The Balaban J connectivity index is 1.18. The number of aromatic nitrogens is 3. The number of hydrogen-bond donors (Lipinski definition) is 0. The summed E-state index contributed by atoms with van der Waals surface area (Å²) in [5, 5.41) is 7.25. The normalized spacial score (nSPS) is 11.7. The van der Waals surface area contributed by atoms with E-state index in [9.17, 15) is 0 Å². The highest BCUT2D eigenvalue weighted by Crippen LogP contribution is 2.47. The molecule has 10 rings (SSSR count). The Bertz CT molecular complexity index is 2760. The molecule has 0 atom stereocenters. The van der Waals surface area contributed by atoms with E-state index < -0.39 is 0 Å². The van der Waals surface area contributed by atoms with Gasteiger partial charge in [0.05, 0.1) is 0 Å². The van der Waals surface area contributed by atoms with E-state index in [1.807, 2.05) is 60.7 Å². The molecule has 0 aliphatic rings. The maximum absolute atomic E-state index is 6.42. The van der Waals surface area contributed by atoms with Crippen LogP contribution in [-0.4, -0.2) is 15.0 Å². The first-order valence-corrected chi connectivity index (χ1v) is 16.5. The van der Waals surface area contributed by atoms with Gasteiger partial charge in [-0.1, -0.05) is 140 Å². The van der Waals surface area contributed by atoms with Gasteiger partial charge in [-0.2, -0.15) is 0 Å². The largest absolute Gasteiger partial charge is 0.456 e. The minimum atomic E-state index is 0.634. The van der Waals surface area contributed by atoms with Crippen LogP contribution in [-0.2, 0) is 0 Å². The first kappa shape index (κ1) is 27.5. The van der Waals surface area contributed by atoms with Gasteiger partial charge in [0.25, 0.3) is 0 Å². The zero-order chi connectivity index (χ0) is 32.3. The quantitative estimate of drug-likeness (QED) is 0.179. The second kappa shape index (κ2) is 11.0. The van der Waals surface area contributed by atoms with Crippen molar-refractivity contribution in [1.82, 2.24) is 15.0 Å². The van der Waals surface area contributed by atoms with E-state index in [4.69, 9.17) is 19.4 Å². The molecule has 8 aromatic carbocycles.